The van der Waals surface area contributed by atoms with Crippen LogP contribution in [-0.4, -0.2) is 22.1 Å². The number of aromatic nitrogens is 3. The predicted octanol–water partition coefficient (Wildman–Crippen LogP) is 4.32. The summed E-state index contributed by atoms with van der Waals surface area (Å²) in [4.78, 5) is 21.6. The molecule has 3 aromatic rings. The first-order chi connectivity index (χ1) is 12.5. The molecule has 136 valence electrons. The fourth-order valence-corrected chi connectivity index (χ4v) is 3.09. The number of nitrogens with one attached hydrogen (secondary N) is 1. The number of thioether (sulfide) groups is 1. The third kappa shape index (κ3) is 4.23. The molecule has 0 amide bonds. The van der Waals surface area contributed by atoms with Gasteiger partial charge in [-0.1, -0.05) is 23.4 Å². The third-order valence-electron chi connectivity index (χ3n) is 3.29. The molecule has 0 atom stereocenters. The Balaban J connectivity index is 1.73. The maximum absolute atomic E-state index is 12.7. The number of halogens is 3. The molecule has 0 saturated heterocycles. The normalized spacial score (nSPS) is 11.1. The molecule has 0 saturated carbocycles. The molecule has 0 aliphatic carbocycles. The lowest BCUT2D eigenvalue weighted by molar-refractivity contribution is 0.145. The number of nitrogens with zero attached hydrogens (tertiary/aromatic N) is 2. The number of alkyl halides is 2. The number of methoxy groups -OCH3 is 1. The van der Waals surface area contributed by atoms with E-state index in [0.29, 0.717) is 28.0 Å². The highest BCUT2D eigenvalue weighted by Gasteiger charge is 2.13. The minimum atomic E-state index is -2.81. The van der Waals surface area contributed by atoms with Gasteiger partial charge in [-0.3, -0.25) is 4.79 Å². The van der Waals surface area contributed by atoms with E-state index in [1.54, 1.807) is 18.2 Å². The van der Waals surface area contributed by atoms with Crippen LogP contribution in [-0.2, 0) is 5.75 Å². The van der Waals surface area contributed by atoms with Crippen molar-refractivity contribution in [1.82, 2.24) is 15.0 Å². The standard InChI is InChI=1S/C16H12ClF2N3O3S/c1-24-11-3-2-8(4-9(11)17)12-6-20-14(25-12)7-26-16-21-10(15(18)19)5-13(23)22-16/h2-6,15H,7H2,1H3,(H,21,22,23). The smallest absolute Gasteiger partial charge is 0.280 e. The molecular weight excluding hydrogens is 388 g/mol. The zero-order chi connectivity index (χ0) is 18.7. The first kappa shape index (κ1) is 18.4. The summed E-state index contributed by atoms with van der Waals surface area (Å²) in [5, 5.41) is 0.503. The second-order valence-corrected chi connectivity index (χ2v) is 6.40. The van der Waals surface area contributed by atoms with Crippen LogP contribution in [0.25, 0.3) is 11.3 Å². The Morgan fingerprint density at radius 1 is 1.38 bits per heavy atom. The van der Waals surface area contributed by atoms with Gasteiger partial charge in [-0.25, -0.2) is 18.7 Å². The van der Waals surface area contributed by atoms with Gasteiger partial charge in [-0.05, 0) is 18.2 Å². The van der Waals surface area contributed by atoms with Crippen molar-refractivity contribution in [1.29, 1.82) is 0 Å². The van der Waals surface area contributed by atoms with E-state index in [9.17, 15) is 13.6 Å². The number of hydrogen-bond donors (Lipinski definition) is 1. The fourth-order valence-electron chi connectivity index (χ4n) is 2.09. The van der Waals surface area contributed by atoms with Crippen LogP contribution in [0.3, 0.4) is 0 Å². The van der Waals surface area contributed by atoms with Gasteiger partial charge in [-0.2, -0.15) is 0 Å². The summed E-state index contributed by atoms with van der Waals surface area (Å²) in [6, 6.07) is 5.93. The molecular formula is C16H12ClF2N3O3S. The van der Waals surface area contributed by atoms with Gasteiger partial charge < -0.3 is 14.1 Å². The minimum absolute atomic E-state index is 0.0695. The highest BCUT2D eigenvalue weighted by atomic mass is 35.5. The van der Waals surface area contributed by atoms with Crippen LogP contribution in [0, 0.1) is 0 Å². The Labute approximate surface area is 155 Å². The number of aromatic amines is 1. The van der Waals surface area contributed by atoms with Gasteiger partial charge in [0.05, 0.1) is 24.1 Å². The van der Waals surface area contributed by atoms with E-state index in [1.165, 1.54) is 13.3 Å². The molecule has 0 bridgehead atoms. The Kier molecular flexibility index (Phi) is 5.58. The summed E-state index contributed by atoms with van der Waals surface area (Å²) in [6.07, 6.45) is -1.29. The maximum atomic E-state index is 12.7. The predicted molar refractivity (Wildman–Crippen MR) is 92.9 cm³/mol. The quantitative estimate of drug-likeness (QED) is 0.491. The average Bonchev–Trinajstić information content (AvgIpc) is 3.08. The number of benzene rings is 1. The van der Waals surface area contributed by atoms with Crippen LogP contribution >= 0.6 is 23.4 Å². The summed E-state index contributed by atoms with van der Waals surface area (Å²) in [6.45, 7) is 0. The summed E-state index contributed by atoms with van der Waals surface area (Å²) in [5.41, 5.74) is -0.498. The summed E-state index contributed by atoms with van der Waals surface area (Å²) >= 11 is 7.12. The fraction of sp³-hybridized carbons (Fsp3) is 0.188. The Hall–Kier alpha value is -2.39. The molecule has 0 radical (unpaired) electrons. The second-order valence-electron chi connectivity index (χ2n) is 5.03. The van der Waals surface area contributed by atoms with E-state index in [1.807, 2.05) is 0 Å². The molecule has 0 spiro atoms. The van der Waals surface area contributed by atoms with Crippen molar-refractivity contribution in [3.05, 3.63) is 57.4 Å². The van der Waals surface area contributed by atoms with E-state index in [0.717, 1.165) is 17.8 Å². The summed E-state index contributed by atoms with van der Waals surface area (Å²) in [5.74, 6) is 1.59. The number of ether oxygens (including phenoxy) is 1. The van der Waals surface area contributed by atoms with Gasteiger partial charge >= 0.3 is 0 Å². The van der Waals surface area contributed by atoms with Crippen LogP contribution < -0.4 is 10.3 Å². The largest absolute Gasteiger partial charge is 0.495 e. The Bertz CT molecular complexity index is 977. The second kappa shape index (κ2) is 7.88. The van der Waals surface area contributed by atoms with Gasteiger partial charge in [-0.15, -0.1) is 0 Å². The molecule has 0 aliphatic rings. The van der Waals surface area contributed by atoms with Crippen LogP contribution in [0.4, 0.5) is 8.78 Å². The Morgan fingerprint density at radius 3 is 2.88 bits per heavy atom. The number of rotatable bonds is 6. The molecule has 2 aromatic heterocycles. The SMILES string of the molecule is COc1ccc(-c2cnc(CSc3nc(C(F)F)cc(=O)[nH]3)o2)cc1Cl. The van der Waals surface area contributed by atoms with E-state index in [2.05, 4.69) is 15.0 Å². The average molecular weight is 400 g/mol. The van der Waals surface area contributed by atoms with Crippen molar-refractivity contribution in [2.45, 2.75) is 17.3 Å². The van der Waals surface area contributed by atoms with Crippen LogP contribution in [0.1, 0.15) is 18.0 Å². The van der Waals surface area contributed by atoms with E-state index in [-0.39, 0.29) is 10.9 Å². The van der Waals surface area contributed by atoms with Gasteiger partial charge in [0.15, 0.2) is 10.9 Å². The molecule has 1 aromatic carbocycles. The van der Waals surface area contributed by atoms with Gasteiger partial charge in [0.2, 0.25) is 5.89 Å². The molecule has 0 aliphatic heterocycles. The highest BCUT2D eigenvalue weighted by Crippen LogP contribution is 2.31. The van der Waals surface area contributed by atoms with Gasteiger partial charge in [0, 0.05) is 11.6 Å². The molecule has 0 unspecified atom stereocenters. The van der Waals surface area contributed by atoms with E-state index in [4.69, 9.17) is 20.8 Å². The van der Waals surface area contributed by atoms with Crippen molar-refractivity contribution in [3.63, 3.8) is 0 Å². The van der Waals surface area contributed by atoms with Gasteiger partial charge in [0.1, 0.15) is 11.4 Å². The monoisotopic (exact) mass is 399 g/mol. The summed E-state index contributed by atoms with van der Waals surface area (Å²) in [7, 11) is 1.52. The zero-order valence-electron chi connectivity index (χ0n) is 13.3. The van der Waals surface area contributed by atoms with Gasteiger partial charge in [0.25, 0.3) is 12.0 Å². The lowest BCUT2D eigenvalue weighted by atomic mass is 10.2. The first-order valence-electron chi connectivity index (χ1n) is 7.27. The van der Waals surface area contributed by atoms with Crippen LogP contribution in [0.5, 0.6) is 5.75 Å². The lowest BCUT2D eigenvalue weighted by Gasteiger charge is -2.04. The molecule has 6 nitrogen and oxygen atoms in total. The molecule has 1 N–H and O–H groups in total. The van der Waals surface area contributed by atoms with Crippen LogP contribution in [0.2, 0.25) is 5.02 Å². The highest BCUT2D eigenvalue weighted by molar-refractivity contribution is 7.98. The van der Waals surface area contributed by atoms with Crippen LogP contribution in [0.15, 0.2) is 44.8 Å². The number of H-pyrrole nitrogens is 1. The molecule has 10 heteroatoms. The van der Waals surface area contributed by atoms with Crippen molar-refractivity contribution in [3.8, 4) is 17.1 Å². The van der Waals surface area contributed by atoms with E-state index < -0.39 is 17.7 Å². The summed E-state index contributed by atoms with van der Waals surface area (Å²) < 4.78 is 36.1. The third-order valence-corrected chi connectivity index (χ3v) is 4.44. The van der Waals surface area contributed by atoms with Crippen molar-refractivity contribution >= 4 is 23.4 Å². The lowest BCUT2D eigenvalue weighted by Crippen LogP contribution is -2.10. The molecule has 0 fully saturated rings. The van der Waals surface area contributed by atoms with Crippen molar-refractivity contribution in [2.75, 3.05) is 7.11 Å². The molecule has 2 heterocycles. The Morgan fingerprint density at radius 2 is 2.19 bits per heavy atom. The van der Waals surface area contributed by atoms with E-state index >= 15 is 0 Å². The molecule has 26 heavy (non-hydrogen) atoms. The first-order valence-corrected chi connectivity index (χ1v) is 8.63. The molecule has 3 rings (SSSR count). The maximum Gasteiger partial charge on any atom is 0.280 e. The zero-order valence-corrected chi connectivity index (χ0v) is 14.9. The minimum Gasteiger partial charge on any atom is -0.495 e. The topological polar surface area (TPSA) is 81.0 Å². The number of oxazole rings is 1. The van der Waals surface area contributed by atoms with Crippen molar-refractivity contribution < 1.29 is 17.9 Å². The number of hydrogen-bond acceptors (Lipinski definition) is 6. The van der Waals surface area contributed by atoms with Crippen molar-refractivity contribution in [2.24, 2.45) is 0 Å².